The van der Waals surface area contributed by atoms with E-state index in [1.165, 1.54) is 5.56 Å². The van der Waals surface area contributed by atoms with Crippen molar-refractivity contribution in [3.8, 4) is 11.6 Å². The molecule has 0 aliphatic rings. The average Bonchev–Trinajstić information content (AvgIpc) is 2.82. The highest BCUT2D eigenvalue weighted by Gasteiger charge is 2.18. The van der Waals surface area contributed by atoms with Crippen LogP contribution in [-0.4, -0.2) is 16.3 Å². The number of rotatable bonds is 5. The summed E-state index contributed by atoms with van der Waals surface area (Å²) in [6, 6.07) is 13.4. The Morgan fingerprint density at radius 3 is 2.57 bits per heavy atom. The predicted octanol–water partition coefficient (Wildman–Crippen LogP) is 4.44. The number of fused-ring (bicyclic) bond motifs is 1. The van der Waals surface area contributed by atoms with Gasteiger partial charge in [-0.3, -0.25) is 0 Å². The molecule has 118 valence electrons. The summed E-state index contributed by atoms with van der Waals surface area (Å²) in [7, 11) is 0. The van der Waals surface area contributed by atoms with E-state index in [2.05, 4.69) is 5.18 Å². The van der Waals surface area contributed by atoms with E-state index in [9.17, 15) is 10.0 Å². The molecule has 5 heteroatoms. The van der Waals surface area contributed by atoms with E-state index in [4.69, 9.17) is 4.74 Å². The molecule has 0 unspecified atom stereocenters. The van der Waals surface area contributed by atoms with Crippen LogP contribution in [-0.2, 0) is 6.54 Å². The van der Waals surface area contributed by atoms with E-state index in [1.54, 1.807) is 10.6 Å². The zero-order valence-electron chi connectivity index (χ0n) is 13.1. The SMILES string of the molecule is Cc1ccc(OCCn2c(O)c(N=O)c3cccc(C)c32)cc1. The molecule has 0 aliphatic heterocycles. The number of aryl methyl sites for hydroxylation is 2. The molecule has 1 aromatic heterocycles. The summed E-state index contributed by atoms with van der Waals surface area (Å²) in [4.78, 5) is 11.0. The molecule has 23 heavy (non-hydrogen) atoms. The van der Waals surface area contributed by atoms with Crippen molar-refractivity contribution in [1.82, 2.24) is 4.57 Å². The van der Waals surface area contributed by atoms with Crippen molar-refractivity contribution in [3.63, 3.8) is 0 Å². The van der Waals surface area contributed by atoms with Crippen LogP contribution in [0, 0.1) is 18.8 Å². The minimum absolute atomic E-state index is 0.0824. The zero-order valence-corrected chi connectivity index (χ0v) is 13.1. The maximum atomic E-state index is 11.0. The lowest BCUT2D eigenvalue weighted by Gasteiger charge is -2.10. The number of aromatic nitrogens is 1. The largest absolute Gasteiger partial charge is 0.493 e. The highest BCUT2D eigenvalue weighted by Crippen LogP contribution is 2.39. The summed E-state index contributed by atoms with van der Waals surface area (Å²) in [6.07, 6.45) is 0. The molecule has 1 heterocycles. The van der Waals surface area contributed by atoms with Crippen molar-refractivity contribution in [2.45, 2.75) is 20.4 Å². The zero-order chi connectivity index (χ0) is 16.4. The summed E-state index contributed by atoms with van der Waals surface area (Å²) in [5, 5.41) is 13.9. The third-order valence-corrected chi connectivity index (χ3v) is 3.93. The standard InChI is InChI=1S/C18H18N2O3/c1-12-6-8-14(9-7-12)23-11-10-20-17-13(2)4-3-5-15(17)16(19-22)18(20)21/h3-9,21H,10-11H2,1-2H3. The summed E-state index contributed by atoms with van der Waals surface area (Å²) < 4.78 is 7.39. The lowest BCUT2D eigenvalue weighted by atomic mass is 10.1. The lowest BCUT2D eigenvalue weighted by Crippen LogP contribution is -2.08. The van der Waals surface area contributed by atoms with Gasteiger partial charge in [0, 0.05) is 5.39 Å². The van der Waals surface area contributed by atoms with Crippen molar-refractivity contribution < 1.29 is 9.84 Å². The third kappa shape index (κ3) is 2.77. The predicted molar refractivity (Wildman–Crippen MR) is 90.5 cm³/mol. The van der Waals surface area contributed by atoms with Gasteiger partial charge in [0.1, 0.15) is 12.4 Å². The Labute approximate surface area is 134 Å². The molecule has 0 atom stereocenters. The van der Waals surface area contributed by atoms with Crippen LogP contribution in [0.5, 0.6) is 11.6 Å². The Morgan fingerprint density at radius 2 is 1.87 bits per heavy atom. The number of nitroso groups, excluding NO2 is 1. The number of hydrogen-bond donors (Lipinski definition) is 1. The second-order valence-corrected chi connectivity index (χ2v) is 5.55. The highest BCUT2D eigenvalue weighted by atomic mass is 16.5. The Balaban J connectivity index is 1.86. The van der Waals surface area contributed by atoms with Gasteiger partial charge in [-0.15, -0.1) is 4.91 Å². The number of nitrogens with zero attached hydrogens (tertiary/aromatic N) is 2. The maximum Gasteiger partial charge on any atom is 0.222 e. The summed E-state index contributed by atoms with van der Waals surface area (Å²) in [5.41, 5.74) is 3.04. The van der Waals surface area contributed by atoms with Crippen LogP contribution in [0.25, 0.3) is 10.9 Å². The van der Waals surface area contributed by atoms with Gasteiger partial charge in [0.15, 0.2) is 5.69 Å². The van der Waals surface area contributed by atoms with Crippen LogP contribution in [0.3, 0.4) is 0 Å². The number of ether oxygens (including phenoxy) is 1. The first-order chi connectivity index (χ1) is 11.1. The molecule has 0 fully saturated rings. The van der Waals surface area contributed by atoms with E-state index in [-0.39, 0.29) is 11.6 Å². The summed E-state index contributed by atoms with van der Waals surface area (Å²) >= 11 is 0. The van der Waals surface area contributed by atoms with Crippen LogP contribution in [0.2, 0.25) is 0 Å². The Bertz CT molecular complexity index is 851. The fourth-order valence-corrected chi connectivity index (χ4v) is 2.76. The van der Waals surface area contributed by atoms with E-state index in [0.717, 1.165) is 16.8 Å². The third-order valence-electron chi connectivity index (χ3n) is 3.93. The van der Waals surface area contributed by atoms with Gasteiger partial charge in [-0.1, -0.05) is 35.9 Å². The molecule has 0 spiro atoms. The van der Waals surface area contributed by atoms with Crippen molar-refractivity contribution in [2.75, 3.05) is 6.61 Å². The van der Waals surface area contributed by atoms with Crippen molar-refractivity contribution in [1.29, 1.82) is 0 Å². The molecule has 0 saturated carbocycles. The number of benzene rings is 2. The first-order valence-electron chi connectivity index (χ1n) is 7.45. The monoisotopic (exact) mass is 310 g/mol. The highest BCUT2D eigenvalue weighted by molar-refractivity contribution is 5.96. The van der Waals surface area contributed by atoms with Crippen LogP contribution < -0.4 is 4.74 Å². The normalized spacial score (nSPS) is 10.9. The summed E-state index contributed by atoms with van der Waals surface area (Å²) in [5.74, 6) is 0.661. The number of aromatic hydroxyl groups is 1. The quantitative estimate of drug-likeness (QED) is 0.708. The molecule has 0 bridgehead atoms. The number of para-hydroxylation sites is 1. The molecule has 3 aromatic rings. The van der Waals surface area contributed by atoms with E-state index >= 15 is 0 Å². The van der Waals surface area contributed by atoms with Gasteiger partial charge in [-0.25, -0.2) is 0 Å². The Hall–Kier alpha value is -2.82. The molecular formula is C18H18N2O3. The number of hydrogen-bond acceptors (Lipinski definition) is 4. The fraction of sp³-hybridized carbons (Fsp3) is 0.222. The average molecular weight is 310 g/mol. The van der Waals surface area contributed by atoms with Gasteiger partial charge < -0.3 is 14.4 Å². The molecule has 0 aliphatic carbocycles. The maximum absolute atomic E-state index is 11.0. The van der Waals surface area contributed by atoms with Crippen LogP contribution >= 0.6 is 0 Å². The molecular weight excluding hydrogens is 292 g/mol. The van der Waals surface area contributed by atoms with Gasteiger partial charge in [0.05, 0.1) is 12.1 Å². The lowest BCUT2D eigenvalue weighted by molar-refractivity contribution is 0.290. The Morgan fingerprint density at radius 1 is 1.13 bits per heavy atom. The minimum atomic E-state index is -0.114. The second kappa shape index (κ2) is 6.12. The first kappa shape index (κ1) is 15.1. The Kier molecular flexibility index (Phi) is 4.02. The summed E-state index contributed by atoms with van der Waals surface area (Å²) in [6.45, 7) is 4.77. The molecule has 3 rings (SSSR count). The van der Waals surface area contributed by atoms with Crippen molar-refractivity contribution in [2.24, 2.45) is 5.18 Å². The fourth-order valence-electron chi connectivity index (χ4n) is 2.76. The molecule has 0 amide bonds. The van der Waals surface area contributed by atoms with Gasteiger partial charge >= 0.3 is 0 Å². The van der Waals surface area contributed by atoms with Crippen LogP contribution in [0.4, 0.5) is 5.69 Å². The molecule has 0 radical (unpaired) electrons. The van der Waals surface area contributed by atoms with E-state index < -0.39 is 0 Å². The van der Waals surface area contributed by atoms with Crippen molar-refractivity contribution in [3.05, 3.63) is 58.5 Å². The van der Waals surface area contributed by atoms with Crippen LogP contribution in [0.1, 0.15) is 11.1 Å². The van der Waals surface area contributed by atoms with Crippen LogP contribution in [0.15, 0.2) is 47.6 Å². The smallest absolute Gasteiger partial charge is 0.222 e. The second-order valence-electron chi connectivity index (χ2n) is 5.55. The minimum Gasteiger partial charge on any atom is -0.493 e. The van der Waals surface area contributed by atoms with Gasteiger partial charge in [-0.2, -0.15) is 0 Å². The van der Waals surface area contributed by atoms with E-state index in [0.29, 0.717) is 18.5 Å². The first-order valence-corrected chi connectivity index (χ1v) is 7.45. The molecule has 2 aromatic carbocycles. The van der Waals surface area contributed by atoms with Gasteiger partial charge in [-0.05, 0) is 36.7 Å². The van der Waals surface area contributed by atoms with Gasteiger partial charge in [0.25, 0.3) is 0 Å². The van der Waals surface area contributed by atoms with E-state index in [1.807, 2.05) is 50.2 Å². The van der Waals surface area contributed by atoms with Crippen molar-refractivity contribution >= 4 is 16.6 Å². The molecule has 0 saturated heterocycles. The molecule has 5 nitrogen and oxygen atoms in total. The molecule has 1 N–H and O–H groups in total. The van der Waals surface area contributed by atoms with Gasteiger partial charge in [0.2, 0.25) is 5.88 Å². The topological polar surface area (TPSA) is 63.8 Å².